The summed E-state index contributed by atoms with van der Waals surface area (Å²) in [4.78, 5) is 13.4. The molecule has 33 heavy (non-hydrogen) atoms. The highest BCUT2D eigenvalue weighted by Crippen LogP contribution is 2.37. The second kappa shape index (κ2) is 10.2. The lowest BCUT2D eigenvalue weighted by molar-refractivity contribution is 0.126. The van der Waals surface area contributed by atoms with E-state index < -0.39 is 0 Å². The molecule has 0 spiro atoms. The molecule has 0 fully saturated rings. The summed E-state index contributed by atoms with van der Waals surface area (Å²) in [7, 11) is 4.82. The molecule has 176 valence electrons. The molecular weight excluding hydrogens is 446 g/mol. The van der Waals surface area contributed by atoms with E-state index in [1.807, 2.05) is 10.6 Å². The zero-order valence-electron chi connectivity index (χ0n) is 19.2. The minimum atomic E-state index is -0.138. The monoisotopic (exact) mass is 473 g/mol. The van der Waals surface area contributed by atoms with Crippen molar-refractivity contribution in [1.29, 1.82) is 0 Å². The molecule has 3 unspecified atom stereocenters. The van der Waals surface area contributed by atoms with Crippen LogP contribution in [0.5, 0.6) is 17.4 Å². The van der Waals surface area contributed by atoms with Gasteiger partial charge in [0.25, 0.3) is 0 Å². The van der Waals surface area contributed by atoms with Crippen LogP contribution in [0.25, 0.3) is 11.5 Å². The third kappa shape index (κ3) is 4.81. The molecule has 0 saturated carbocycles. The van der Waals surface area contributed by atoms with E-state index >= 15 is 0 Å². The standard InChI is InChI=1S/C21H27N7O4S/c1-12(19-22-8-15(30-4)9-23-19)13(2)33-27-21-26-25-20-18-16(6-7-17(24-18)31-5)32-11-14(10-29-3)28(20)21/h6-9,12-14H,10-11H2,1-5H3,(H,26,27). The molecule has 0 amide bonds. The fraction of sp³-hybridized carbons (Fsp3) is 0.476. The normalized spacial score (nSPS) is 16.6. The summed E-state index contributed by atoms with van der Waals surface area (Å²) in [5.74, 6) is 3.74. The lowest BCUT2D eigenvalue weighted by atomic mass is 10.1. The number of nitrogens with zero attached hydrogens (tertiary/aromatic N) is 6. The summed E-state index contributed by atoms with van der Waals surface area (Å²) < 4.78 is 27.2. The van der Waals surface area contributed by atoms with E-state index in [1.165, 1.54) is 11.9 Å². The number of anilines is 1. The van der Waals surface area contributed by atoms with E-state index in [2.05, 4.69) is 43.7 Å². The van der Waals surface area contributed by atoms with E-state index in [-0.39, 0.29) is 17.2 Å². The highest BCUT2D eigenvalue weighted by Gasteiger charge is 2.30. The van der Waals surface area contributed by atoms with Gasteiger partial charge >= 0.3 is 0 Å². The first kappa shape index (κ1) is 23.1. The number of hydrogen-bond acceptors (Lipinski definition) is 11. The molecule has 3 aromatic rings. The Morgan fingerprint density at radius 2 is 1.94 bits per heavy atom. The lowest BCUT2D eigenvalue weighted by Crippen LogP contribution is -2.22. The van der Waals surface area contributed by atoms with E-state index in [9.17, 15) is 0 Å². The van der Waals surface area contributed by atoms with Crippen LogP contribution in [0.2, 0.25) is 0 Å². The van der Waals surface area contributed by atoms with Crippen molar-refractivity contribution in [3.8, 4) is 28.9 Å². The Morgan fingerprint density at radius 1 is 1.15 bits per heavy atom. The van der Waals surface area contributed by atoms with Crippen molar-refractivity contribution in [2.24, 2.45) is 0 Å². The predicted octanol–water partition coefficient (Wildman–Crippen LogP) is 2.98. The van der Waals surface area contributed by atoms with Crippen molar-refractivity contribution >= 4 is 17.9 Å². The molecule has 0 saturated heterocycles. The zero-order chi connectivity index (χ0) is 23.4. The largest absolute Gasteiger partial charge is 0.494 e. The number of pyridine rings is 1. The minimum Gasteiger partial charge on any atom is -0.494 e. The molecule has 1 aliphatic heterocycles. The fourth-order valence-corrected chi connectivity index (χ4v) is 4.14. The maximum absolute atomic E-state index is 6.00. The fourth-order valence-electron chi connectivity index (χ4n) is 3.39. The van der Waals surface area contributed by atoms with Gasteiger partial charge in [-0.25, -0.2) is 15.0 Å². The number of aromatic nitrogens is 6. The van der Waals surface area contributed by atoms with Gasteiger partial charge in [-0.3, -0.25) is 9.29 Å². The van der Waals surface area contributed by atoms with Gasteiger partial charge in [0.2, 0.25) is 11.8 Å². The average molecular weight is 474 g/mol. The van der Waals surface area contributed by atoms with Crippen molar-refractivity contribution in [3.63, 3.8) is 0 Å². The van der Waals surface area contributed by atoms with Crippen molar-refractivity contribution in [1.82, 2.24) is 29.7 Å². The third-order valence-electron chi connectivity index (χ3n) is 5.44. The predicted molar refractivity (Wildman–Crippen MR) is 124 cm³/mol. The van der Waals surface area contributed by atoms with Gasteiger partial charge in [-0.2, -0.15) is 0 Å². The summed E-state index contributed by atoms with van der Waals surface area (Å²) in [5.41, 5.74) is 0.576. The van der Waals surface area contributed by atoms with Gasteiger partial charge in [0.15, 0.2) is 17.3 Å². The highest BCUT2D eigenvalue weighted by atomic mass is 32.2. The van der Waals surface area contributed by atoms with Crippen molar-refractivity contribution in [2.45, 2.75) is 31.1 Å². The van der Waals surface area contributed by atoms with E-state index in [0.717, 1.165) is 5.82 Å². The molecule has 0 aromatic carbocycles. The molecule has 3 aromatic heterocycles. The molecule has 0 aliphatic carbocycles. The Balaban J connectivity index is 1.57. The second-order valence-corrected chi connectivity index (χ2v) is 8.72. The van der Waals surface area contributed by atoms with Crippen LogP contribution in [0.1, 0.15) is 31.6 Å². The zero-order valence-corrected chi connectivity index (χ0v) is 20.0. The van der Waals surface area contributed by atoms with Crippen molar-refractivity contribution in [3.05, 3.63) is 30.4 Å². The van der Waals surface area contributed by atoms with Crippen LogP contribution in [0, 0.1) is 0 Å². The summed E-state index contributed by atoms with van der Waals surface area (Å²) in [6.45, 7) is 5.01. The number of rotatable bonds is 9. The SMILES string of the molecule is COCC1COc2ccc(OC)nc2-c2nnc(NSC(C)C(C)c3ncc(OC)cn3)n21. The van der Waals surface area contributed by atoms with Gasteiger partial charge < -0.3 is 18.9 Å². The number of fused-ring (bicyclic) bond motifs is 3. The van der Waals surface area contributed by atoms with E-state index in [0.29, 0.717) is 48.1 Å². The second-order valence-electron chi connectivity index (χ2n) is 7.53. The molecule has 3 atom stereocenters. The van der Waals surface area contributed by atoms with Crippen LogP contribution < -0.4 is 18.9 Å². The smallest absolute Gasteiger partial charge is 0.235 e. The Kier molecular flexibility index (Phi) is 7.14. The molecule has 1 N–H and O–H groups in total. The maximum Gasteiger partial charge on any atom is 0.235 e. The van der Waals surface area contributed by atoms with Gasteiger partial charge in [0, 0.05) is 24.3 Å². The van der Waals surface area contributed by atoms with Crippen LogP contribution in [-0.4, -0.2) is 69.5 Å². The Hall–Kier alpha value is -3.12. The minimum absolute atomic E-state index is 0.0877. The van der Waals surface area contributed by atoms with Crippen LogP contribution >= 0.6 is 11.9 Å². The van der Waals surface area contributed by atoms with Crippen molar-refractivity contribution < 1.29 is 18.9 Å². The van der Waals surface area contributed by atoms with Crippen LogP contribution in [-0.2, 0) is 4.74 Å². The number of hydrogen-bond donors (Lipinski definition) is 1. The summed E-state index contributed by atoms with van der Waals surface area (Å²) in [6, 6.07) is 3.45. The van der Waals surface area contributed by atoms with E-state index in [1.54, 1.807) is 39.8 Å². The van der Waals surface area contributed by atoms with Gasteiger partial charge in [-0.05, 0) is 18.0 Å². The molecule has 0 bridgehead atoms. The van der Waals surface area contributed by atoms with Crippen molar-refractivity contribution in [2.75, 3.05) is 39.3 Å². The lowest BCUT2D eigenvalue weighted by Gasteiger charge is -2.21. The van der Waals surface area contributed by atoms with Gasteiger partial charge in [-0.1, -0.05) is 13.8 Å². The van der Waals surface area contributed by atoms with Gasteiger partial charge in [0.1, 0.15) is 18.2 Å². The third-order valence-corrected chi connectivity index (χ3v) is 6.52. The maximum atomic E-state index is 6.00. The average Bonchev–Trinajstić information content (AvgIpc) is 3.21. The molecule has 4 heterocycles. The highest BCUT2D eigenvalue weighted by molar-refractivity contribution is 8.01. The molecule has 11 nitrogen and oxygen atoms in total. The van der Waals surface area contributed by atoms with Gasteiger partial charge in [-0.15, -0.1) is 10.2 Å². The summed E-state index contributed by atoms with van der Waals surface area (Å²) in [5, 5.41) is 8.94. The summed E-state index contributed by atoms with van der Waals surface area (Å²) in [6.07, 6.45) is 3.35. The first-order valence-corrected chi connectivity index (χ1v) is 11.3. The molecule has 0 radical (unpaired) electrons. The number of ether oxygens (including phenoxy) is 4. The van der Waals surface area contributed by atoms with Crippen LogP contribution in [0.15, 0.2) is 24.5 Å². The van der Waals surface area contributed by atoms with Gasteiger partial charge in [0.05, 0.1) is 39.3 Å². The van der Waals surface area contributed by atoms with Crippen LogP contribution in [0.3, 0.4) is 0 Å². The van der Waals surface area contributed by atoms with Crippen LogP contribution in [0.4, 0.5) is 5.95 Å². The Labute approximate surface area is 196 Å². The quantitative estimate of drug-likeness (QED) is 0.462. The Morgan fingerprint density at radius 3 is 2.64 bits per heavy atom. The summed E-state index contributed by atoms with van der Waals surface area (Å²) >= 11 is 1.52. The topological polar surface area (TPSA) is 118 Å². The van der Waals surface area contributed by atoms with E-state index in [4.69, 9.17) is 18.9 Å². The first-order valence-electron chi connectivity index (χ1n) is 10.4. The molecule has 1 aliphatic rings. The Bertz CT molecular complexity index is 1080. The number of methoxy groups -OCH3 is 3. The molecule has 4 rings (SSSR count). The number of nitrogens with one attached hydrogen (secondary N) is 1. The first-order chi connectivity index (χ1) is 16.0. The molecular formula is C21H27N7O4S. The molecule has 12 heteroatoms.